The quantitative estimate of drug-likeness (QED) is 0.733. The first kappa shape index (κ1) is 16.3. The zero-order chi connectivity index (χ0) is 17.4. The number of rotatable bonds is 3. The molecule has 0 amide bonds. The lowest BCUT2D eigenvalue weighted by atomic mass is 9.81. The maximum atomic E-state index is 6.46. The zero-order valence-corrected chi connectivity index (χ0v) is 15.0. The fourth-order valence-electron chi connectivity index (χ4n) is 3.84. The highest BCUT2D eigenvalue weighted by molar-refractivity contribution is 5.83. The van der Waals surface area contributed by atoms with Gasteiger partial charge in [0.05, 0.1) is 0 Å². The number of fused-ring (bicyclic) bond motifs is 2. The highest BCUT2D eigenvalue weighted by Gasteiger charge is 2.25. The minimum atomic E-state index is -0.259. The average molecular weight is 330 g/mol. The van der Waals surface area contributed by atoms with Crippen LogP contribution < -0.4 is 11.1 Å². The molecule has 0 saturated heterocycles. The van der Waals surface area contributed by atoms with Gasteiger partial charge in [-0.05, 0) is 46.4 Å². The number of nitrogens with two attached hydrogens (primary N) is 1. The molecule has 0 saturated carbocycles. The van der Waals surface area contributed by atoms with Crippen molar-refractivity contribution in [1.82, 2.24) is 5.32 Å². The van der Waals surface area contributed by atoms with Gasteiger partial charge in [0.15, 0.2) is 0 Å². The second-order valence-corrected chi connectivity index (χ2v) is 7.47. The molecule has 0 bridgehead atoms. The Morgan fingerprint density at radius 1 is 1.04 bits per heavy atom. The van der Waals surface area contributed by atoms with E-state index in [0.29, 0.717) is 5.92 Å². The molecule has 2 unspecified atom stereocenters. The van der Waals surface area contributed by atoms with Gasteiger partial charge in [-0.3, -0.25) is 0 Å². The van der Waals surface area contributed by atoms with E-state index >= 15 is 0 Å². The first-order valence-corrected chi connectivity index (χ1v) is 9.20. The summed E-state index contributed by atoms with van der Waals surface area (Å²) >= 11 is 0. The number of nitrogens with one attached hydrogen (secondary N) is 1. The zero-order valence-electron chi connectivity index (χ0n) is 15.0. The van der Waals surface area contributed by atoms with E-state index in [1.54, 1.807) is 0 Å². The fraction of sp³-hybridized carbons (Fsp3) is 0.304. The molecule has 1 aliphatic rings. The van der Waals surface area contributed by atoms with Crippen LogP contribution in [-0.2, 0) is 12.1 Å². The lowest BCUT2D eigenvalue weighted by Gasteiger charge is -2.30. The number of hydrogen-bond acceptors (Lipinski definition) is 2. The van der Waals surface area contributed by atoms with Crippen molar-refractivity contribution in [3.63, 3.8) is 0 Å². The van der Waals surface area contributed by atoms with Crippen LogP contribution in [0.5, 0.6) is 0 Å². The Hall–Kier alpha value is -2.16. The van der Waals surface area contributed by atoms with Gasteiger partial charge < -0.3 is 11.1 Å². The molecule has 2 heteroatoms. The molecule has 0 aromatic heterocycles. The van der Waals surface area contributed by atoms with Crippen molar-refractivity contribution in [1.29, 1.82) is 0 Å². The van der Waals surface area contributed by atoms with Crippen LogP contribution in [0.25, 0.3) is 10.8 Å². The largest absolute Gasteiger partial charge is 0.322 e. The standard InChI is InChI=1S/C23H26N2/c1-3-23(2,24)20-10-11-21-19(13-20)14-25-15-22(21)18-9-8-16-6-4-5-7-17(16)12-18/h4-13,22,25H,3,14-15,24H2,1-2H3. The molecule has 25 heavy (non-hydrogen) atoms. The molecule has 1 heterocycles. The van der Waals surface area contributed by atoms with E-state index in [2.05, 4.69) is 79.8 Å². The summed E-state index contributed by atoms with van der Waals surface area (Å²) in [6.45, 7) is 6.17. The topological polar surface area (TPSA) is 38.0 Å². The molecule has 3 aromatic carbocycles. The summed E-state index contributed by atoms with van der Waals surface area (Å²) in [5, 5.41) is 6.20. The van der Waals surface area contributed by atoms with E-state index < -0.39 is 0 Å². The molecule has 0 spiro atoms. The molecular weight excluding hydrogens is 304 g/mol. The van der Waals surface area contributed by atoms with E-state index in [4.69, 9.17) is 5.73 Å². The van der Waals surface area contributed by atoms with Gasteiger partial charge in [0.1, 0.15) is 0 Å². The summed E-state index contributed by atoms with van der Waals surface area (Å²) in [7, 11) is 0. The van der Waals surface area contributed by atoms with Crippen molar-refractivity contribution in [2.45, 2.75) is 38.3 Å². The van der Waals surface area contributed by atoms with Crippen LogP contribution in [0.2, 0.25) is 0 Å². The van der Waals surface area contributed by atoms with Crippen LogP contribution >= 0.6 is 0 Å². The van der Waals surface area contributed by atoms with Crippen LogP contribution in [0.1, 0.15) is 48.4 Å². The molecule has 0 fully saturated rings. The Kier molecular flexibility index (Phi) is 4.10. The Morgan fingerprint density at radius 3 is 2.64 bits per heavy atom. The summed E-state index contributed by atoms with van der Waals surface area (Å²) in [6, 6.07) is 22.2. The molecule has 3 aromatic rings. The van der Waals surface area contributed by atoms with Crippen molar-refractivity contribution in [2.75, 3.05) is 6.54 Å². The molecule has 2 nitrogen and oxygen atoms in total. The molecule has 1 aliphatic heterocycles. The van der Waals surface area contributed by atoms with Crippen molar-refractivity contribution in [3.05, 3.63) is 82.9 Å². The Morgan fingerprint density at radius 2 is 1.84 bits per heavy atom. The molecule has 0 radical (unpaired) electrons. The second kappa shape index (κ2) is 6.29. The summed E-state index contributed by atoms with van der Waals surface area (Å²) in [5.41, 5.74) is 11.6. The highest BCUT2D eigenvalue weighted by atomic mass is 14.9. The molecule has 2 atom stereocenters. The van der Waals surface area contributed by atoms with Crippen LogP contribution in [0.3, 0.4) is 0 Å². The third-order valence-electron chi connectivity index (χ3n) is 5.75. The van der Waals surface area contributed by atoms with Crippen LogP contribution in [0.15, 0.2) is 60.7 Å². The van der Waals surface area contributed by atoms with Gasteiger partial charge in [0, 0.05) is 24.5 Å². The van der Waals surface area contributed by atoms with Crippen LogP contribution in [-0.4, -0.2) is 6.54 Å². The van der Waals surface area contributed by atoms with E-state index in [9.17, 15) is 0 Å². The lowest BCUT2D eigenvalue weighted by Crippen LogP contribution is -2.33. The lowest BCUT2D eigenvalue weighted by molar-refractivity contribution is 0.474. The van der Waals surface area contributed by atoms with Gasteiger partial charge in [0.25, 0.3) is 0 Å². The molecule has 3 N–H and O–H groups in total. The molecule has 4 rings (SSSR count). The fourth-order valence-corrected chi connectivity index (χ4v) is 3.84. The van der Waals surface area contributed by atoms with Crippen molar-refractivity contribution >= 4 is 10.8 Å². The van der Waals surface area contributed by atoms with Crippen molar-refractivity contribution in [2.24, 2.45) is 5.73 Å². The summed E-state index contributed by atoms with van der Waals surface area (Å²) in [4.78, 5) is 0. The normalized spacial score (nSPS) is 19.4. The SMILES string of the molecule is CCC(C)(N)c1ccc2c(c1)CNCC2c1ccc2ccccc2c1. The monoisotopic (exact) mass is 330 g/mol. The Balaban J connectivity index is 1.76. The third-order valence-corrected chi connectivity index (χ3v) is 5.75. The second-order valence-electron chi connectivity index (χ2n) is 7.47. The molecule has 128 valence electrons. The average Bonchev–Trinajstić information content (AvgIpc) is 2.66. The van der Waals surface area contributed by atoms with E-state index in [-0.39, 0.29) is 5.54 Å². The summed E-state index contributed by atoms with van der Waals surface area (Å²) < 4.78 is 0. The number of hydrogen-bond donors (Lipinski definition) is 2. The Bertz CT molecular complexity index is 911. The van der Waals surface area contributed by atoms with Crippen LogP contribution in [0.4, 0.5) is 0 Å². The van der Waals surface area contributed by atoms with Crippen molar-refractivity contribution in [3.8, 4) is 0 Å². The van der Waals surface area contributed by atoms with E-state index in [1.165, 1.54) is 33.0 Å². The molecule has 0 aliphatic carbocycles. The maximum Gasteiger partial charge on any atom is 0.0378 e. The Labute approximate surface area is 150 Å². The van der Waals surface area contributed by atoms with E-state index in [1.807, 2.05) is 0 Å². The van der Waals surface area contributed by atoms with Crippen molar-refractivity contribution < 1.29 is 0 Å². The minimum Gasteiger partial charge on any atom is -0.322 e. The predicted octanol–water partition coefficient (Wildman–Crippen LogP) is 4.66. The van der Waals surface area contributed by atoms with Crippen LogP contribution in [0, 0.1) is 0 Å². The molecular formula is C23H26N2. The smallest absolute Gasteiger partial charge is 0.0378 e. The van der Waals surface area contributed by atoms with E-state index in [0.717, 1.165) is 19.5 Å². The van der Waals surface area contributed by atoms with Gasteiger partial charge in [-0.2, -0.15) is 0 Å². The minimum absolute atomic E-state index is 0.259. The van der Waals surface area contributed by atoms with Gasteiger partial charge in [-0.25, -0.2) is 0 Å². The first-order chi connectivity index (χ1) is 12.1. The predicted molar refractivity (Wildman–Crippen MR) is 106 cm³/mol. The summed E-state index contributed by atoms with van der Waals surface area (Å²) in [5.74, 6) is 0.396. The third kappa shape index (κ3) is 2.97. The van der Waals surface area contributed by atoms with Gasteiger partial charge >= 0.3 is 0 Å². The highest BCUT2D eigenvalue weighted by Crippen LogP contribution is 2.34. The maximum absolute atomic E-state index is 6.46. The van der Waals surface area contributed by atoms with Gasteiger partial charge in [0.2, 0.25) is 0 Å². The van der Waals surface area contributed by atoms with Gasteiger partial charge in [-0.1, -0.05) is 67.6 Å². The summed E-state index contributed by atoms with van der Waals surface area (Å²) in [6.07, 6.45) is 0.938. The number of benzene rings is 3. The van der Waals surface area contributed by atoms with Gasteiger partial charge in [-0.15, -0.1) is 0 Å². The first-order valence-electron chi connectivity index (χ1n) is 9.20.